The smallest absolute Gasteiger partial charge is 0.340 e. The Balaban J connectivity index is 4.36. The monoisotopic (exact) mass is 185 g/mol. The zero-order valence-electron chi connectivity index (χ0n) is 5.04. The van der Waals surface area contributed by atoms with Gasteiger partial charge >= 0.3 is 6.03 Å². The highest BCUT2D eigenvalue weighted by molar-refractivity contribution is 6.48. The zero-order chi connectivity index (χ0) is 8.36. The van der Waals surface area contributed by atoms with Crippen molar-refractivity contribution >= 4 is 29.2 Å². The number of nitrogens with two attached hydrogens (primary N) is 1. The molecular weight excluding hydrogens is 181 g/mol. The molecule has 0 aliphatic carbocycles. The van der Waals surface area contributed by atoms with E-state index < -0.39 is 10.5 Å². The predicted octanol–water partition coefficient (Wildman–Crippen LogP) is 1.20. The summed E-state index contributed by atoms with van der Waals surface area (Å²) in [6, 6.07) is -1.09. The third-order valence-corrected chi connectivity index (χ3v) is 0.983. The summed E-state index contributed by atoms with van der Waals surface area (Å²) in [5.41, 5.74) is 4.66. The van der Waals surface area contributed by atoms with E-state index in [1.54, 1.807) is 0 Å². The summed E-state index contributed by atoms with van der Waals surface area (Å²) in [5.74, 6) is 0. The van der Waals surface area contributed by atoms with Crippen LogP contribution < -0.4 is 5.73 Å². The summed E-state index contributed by atoms with van der Waals surface area (Å²) in [7, 11) is 0. The van der Waals surface area contributed by atoms with Gasteiger partial charge in [-0.15, -0.1) is 9.92 Å². The fourth-order valence-corrected chi connectivity index (χ4v) is 0.534. The molecule has 10 heavy (non-hydrogen) atoms. The molecular formula is C3H5Cl2N3O2. The molecule has 0 bridgehead atoms. The molecule has 0 rings (SSSR count). The summed E-state index contributed by atoms with van der Waals surface area (Å²) in [6.45, 7) is 1.20. The maximum Gasteiger partial charge on any atom is 0.340 e. The van der Waals surface area contributed by atoms with Crippen molar-refractivity contribution in [2.45, 2.75) is 11.4 Å². The van der Waals surface area contributed by atoms with Crippen LogP contribution in [0.3, 0.4) is 0 Å². The first-order chi connectivity index (χ1) is 4.39. The first-order valence-corrected chi connectivity index (χ1v) is 2.96. The van der Waals surface area contributed by atoms with Gasteiger partial charge in [0, 0.05) is 0 Å². The molecule has 0 fully saturated rings. The van der Waals surface area contributed by atoms with E-state index in [2.05, 4.69) is 11.0 Å². The van der Waals surface area contributed by atoms with Crippen molar-refractivity contribution in [3.8, 4) is 0 Å². The van der Waals surface area contributed by atoms with Gasteiger partial charge in [0.25, 0.3) is 0 Å². The van der Waals surface area contributed by atoms with Gasteiger partial charge in [-0.1, -0.05) is 23.2 Å². The lowest BCUT2D eigenvalue weighted by molar-refractivity contribution is 0.199. The van der Waals surface area contributed by atoms with E-state index in [-0.39, 0.29) is 5.01 Å². The van der Waals surface area contributed by atoms with E-state index >= 15 is 0 Å². The number of rotatable bonds is 2. The number of halogens is 2. The average molecular weight is 186 g/mol. The molecule has 5 nitrogen and oxygen atoms in total. The minimum atomic E-state index is -1.69. The summed E-state index contributed by atoms with van der Waals surface area (Å²) in [4.78, 5) is 20.1. The van der Waals surface area contributed by atoms with Gasteiger partial charge in [0.1, 0.15) is 0 Å². The van der Waals surface area contributed by atoms with Crippen molar-refractivity contribution in [1.29, 1.82) is 0 Å². The average Bonchev–Trinajstić information content (AvgIpc) is 1.60. The lowest BCUT2D eigenvalue weighted by Gasteiger charge is -2.20. The number of hydrogen-bond donors (Lipinski definition) is 1. The lowest BCUT2D eigenvalue weighted by Crippen LogP contribution is -2.41. The van der Waals surface area contributed by atoms with Crippen LogP contribution in [-0.2, 0) is 0 Å². The Labute approximate surface area is 67.0 Å². The summed E-state index contributed by atoms with van der Waals surface area (Å²) in [6.07, 6.45) is 0. The Kier molecular flexibility index (Phi) is 2.86. The molecule has 0 atom stereocenters. The van der Waals surface area contributed by atoms with E-state index in [1.165, 1.54) is 6.92 Å². The van der Waals surface area contributed by atoms with Crippen molar-refractivity contribution in [3.63, 3.8) is 0 Å². The third-order valence-electron chi connectivity index (χ3n) is 0.662. The number of nitrogens with zero attached hydrogens (tertiary/aromatic N) is 2. The SMILES string of the molecule is CC(Cl)(Cl)N(N=O)C(N)=O. The Morgan fingerprint density at radius 2 is 2.10 bits per heavy atom. The Morgan fingerprint density at radius 1 is 1.70 bits per heavy atom. The minimum absolute atomic E-state index is 0.218. The van der Waals surface area contributed by atoms with Gasteiger partial charge in [-0.05, 0) is 6.92 Å². The number of carbonyl (C=O) groups is 1. The second-order valence-corrected chi connectivity index (χ2v) is 3.24. The number of urea groups is 1. The number of nitroso groups, excluding NO2 is 1. The van der Waals surface area contributed by atoms with Crippen LogP contribution in [0.5, 0.6) is 0 Å². The Hall–Kier alpha value is -0.550. The molecule has 0 aliphatic heterocycles. The van der Waals surface area contributed by atoms with E-state index in [0.717, 1.165) is 0 Å². The van der Waals surface area contributed by atoms with Crippen molar-refractivity contribution in [1.82, 2.24) is 5.01 Å². The molecule has 0 radical (unpaired) electrons. The minimum Gasteiger partial charge on any atom is -0.350 e. The van der Waals surface area contributed by atoms with Crippen LogP contribution in [0.2, 0.25) is 0 Å². The van der Waals surface area contributed by atoms with Crippen LogP contribution in [0.25, 0.3) is 0 Å². The number of amides is 2. The van der Waals surface area contributed by atoms with Gasteiger partial charge < -0.3 is 5.73 Å². The van der Waals surface area contributed by atoms with Crippen LogP contribution >= 0.6 is 23.2 Å². The maximum absolute atomic E-state index is 10.3. The standard InChI is InChI=1S/C3H5Cl2N3O2/c1-3(4,5)8(7-10)2(6)9/h1H3,(H2,6,9). The molecule has 0 aromatic carbocycles. The molecule has 0 aliphatic rings. The van der Waals surface area contributed by atoms with Gasteiger partial charge in [0.05, 0.1) is 5.29 Å². The highest BCUT2D eigenvalue weighted by Crippen LogP contribution is 2.24. The number of alkyl halides is 2. The molecule has 2 amide bonds. The zero-order valence-corrected chi connectivity index (χ0v) is 6.56. The van der Waals surface area contributed by atoms with Gasteiger partial charge in [-0.25, -0.2) is 4.79 Å². The molecule has 0 saturated carbocycles. The quantitative estimate of drug-likeness (QED) is 0.304. The normalized spacial score (nSPS) is 10.7. The van der Waals surface area contributed by atoms with Gasteiger partial charge in [-0.2, -0.15) is 0 Å². The summed E-state index contributed by atoms with van der Waals surface area (Å²) < 4.78 is -1.69. The first-order valence-electron chi connectivity index (χ1n) is 2.20. The largest absolute Gasteiger partial charge is 0.350 e. The van der Waals surface area contributed by atoms with Crippen molar-refractivity contribution in [3.05, 3.63) is 4.91 Å². The second kappa shape index (κ2) is 3.03. The third kappa shape index (κ3) is 2.36. The lowest BCUT2D eigenvalue weighted by atomic mass is 10.7. The fourth-order valence-electron chi connectivity index (χ4n) is 0.305. The first kappa shape index (κ1) is 9.45. The summed E-state index contributed by atoms with van der Waals surface area (Å²) in [5, 5.41) is 2.42. The fraction of sp³-hybridized carbons (Fsp3) is 0.667. The molecule has 7 heteroatoms. The van der Waals surface area contributed by atoms with Crippen LogP contribution in [0.15, 0.2) is 5.29 Å². The molecule has 0 spiro atoms. The predicted molar refractivity (Wildman–Crippen MR) is 37.3 cm³/mol. The van der Waals surface area contributed by atoms with Gasteiger partial charge in [0.15, 0.2) is 0 Å². The van der Waals surface area contributed by atoms with Gasteiger partial charge in [-0.3, -0.25) is 0 Å². The van der Waals surface area contributed by atoms with E-state index in [0.29, 0.717) is 0 Å². The van der Waals surface area contributed by atoms with Crippen molar-refractivity contribution in [2.24, 2.45) is 11.0 Å². The molecule has 0 heterocycles. The second-order valence-electron chi connectivity index (χ2n) is 1.57. The number of hydrogen-bond acceptors (Lipinski definition) is 3. The number of carbonyl (C=O) groups excluding carboxylic acids is 1. The van der Waals surface area contributed by atoms with Crippen LogP contribution in [-0.4, -0.2) is 15.5 Å². The number of primary amides is 1. The summed E-state index contributed by atoms with van der Waals surface area (Å²) >= 11 is 10.6. The highest BCUT2D eigenvalue weighted by Gasteiger charge is 2.31. The highest BCUT2D eigenvalue weighted by atomic mass is 35.5. The molecule has 0 aromatic heterocycles. The van der Waals surface area contributed by atoms with Crippen LogP contribution in [0.4, 0.5) is 4.79 Å². The van der Waals surface area contributed by atoms with Crippen LogP contribution in [0.1, 0.15) is 6.92 Å². The Bertz CT molecular complexity index is 154. The topological polar surface area (TPSA) is 75.8 Å². The maximum atomic E-state index is 10.3. The molecule has 2 N–H and O–H groups in total. The van der Waals surface area contributed by atoms with Crippen molar-refractivity contribution in [2.75, 3.05) is 0 Å². The Morgan fingerprint density at radius 3 is 2.10 bits per heavy atom. The molecule has 58 valence electrons. The van der Waals surface area contributed by atoms with Crippen LogP contribution in [0, 0.1) is 4.91 Å². The van der Waals surface area contributed by atoms with Gasteiger partial charge in [0.2, 0.25) is 4.46 Å². The molecule has 0 unspecified atom stereocenters. The molecule has 0 aromatic rings. The van der Waals surface area contributed by atoms with E-state index in [4.69, 9.17) is 23.2 Å². The van der Waals surface area contributed by atoms with Crippen molar-refractivity contribution < 1.29 is 4.79 Å². The molecule has 0 saturated heterocycles. The van der Waals surface area contributed by atoms with E-state index in [9.17, 15) is 9.70 Å². The van der Waals surface area contributed by atoms with E-state index in [1.807, 2.05) is 0 Å².